The van der Waals surface area contributed by atoms with Crippen molar-refractivity contribution in [1.82, 2.24) is 4.98 Å². The first-order valence-electron chi connectivity index (χ1n) is 5.28. The first-order chi connectivity index (χ1) is 7.25. The molecule has 5 nitrogen and oxygen atoms in total. The summed E-state index contributed by atoms with van der Waals surface area (Å²) in [6, 6.07) is 0.796. The number of rotatable bonds is 3. The quantitative estimate of drug-likeness (QED) is 0.784. The van der Waals surface area contributed by atoms with Gasteiger partial charge in [-0.15, -0.1) is 0 Å². The lowest BCUT2D eigenvalue weighted by atomic mass is 10.2. The van der Waals surface area contributed by atoms with E-state index < -0.39 is 0 Å². The summed E-state index contributed by atoms with van der Waals surface area (Å²) in [7, 11) is 0. The highest BCUT2D eigenvalue weighted by atomic mass is 16.5. The Morgan fingerprint density at radius 3 is 2.93 bits per heavy atom. The highest BCUT2D eigenvalue weighted by molar-refractivity contribution is 5.26. The van der Waals surface area contributed by atoms with Crippen LogP contribution in [0.3, 0.4) is 0 Å². The van der Waals surface area contributed by atoms with Gasteiger partial charge in [0.2, 0.25) is 0 Å². The van der Waals surface area contributed by atoms with Crippen LogP contribution in [-0.2, 0) is 11.2 Å². The lowest BCUT2D eigenvalue weighted by molar-refractivity contribution is 0.120. The third kappa shape index (κ3) is 2.70. The van der Waals surface area contributed by atoms with Crippen molar-refractivity contribution >= 4 is 6.01 Å². The number of nitrogens with two attached hydrogens (primary N) is 1. The van der Waals surface area contributed by atoms with Crippen LogP contribution < -0.4 is 10.6 Å². The van der Waals surface area contributed by atoms with Crippen LogP contribution in [0.4, 0.5) is 6.01 Å². The van der Waals surface area contributed by atoms with Crippen molar-refractivity contribution in [3.8, 4) is 0 Å². The highest BCUT2D eigenvalue weighted by Gasteiger charge is 2.16. The van der Waals surface area contributed by atoms with E-state index in [1.807, 2.05) is 6.92 Å². The van der Waals surface area contributed by atoms with Gasteiger partial charge in [-0.2, -0.15) is 0 Å². The molecule has 0 radical (unpaired) electrons. The predicted molar refractivity (Wildman–Crippen MR) is 56.9 cm³/mol. The zero-order valence-corrected chi connectivity index (χ0v) is 8.98. The van der Waals surface area contributed by atoms with Crippen LogP contribution in [0.25, 0.3) is 0 Å². The maximum absolute atomic E-state index is 5.69. The van der Waals surface area contributed by atoms with Gasteiger partial charge in [0.1, 0.15) is 5.76 Å². The zero-order chi connectivity index (χ0) is 10.7. The van der Waals surface area contributed by atoms with Crippen molar-refractivity contribution in [2.75, 3.05) is 31.2 Å². The smallest absolute Gasteiger partial charge is 0.297 e. The molecule has 0 spiro atoms. The molecule has 1 aromatic heterocycles. The molecule has 0 saturated carbocycles. The van der Waals surface area contributed by atoms with Crippen LogP contribution in [0.1, 0.15) is 12.7 Å². The summed E-state index contributed by atoms with van der Waals surface area (Å²) in [5.74, 6) is 0.853. The summed E-state index contributed by atoms with van der Waals surface area (Å²) in [6.07, 6.45) is 2.49. The van der Waals surface area contributed by atoms with Crippen LogP contribution in [0, 0.1) is 0 Å². The zero-order valence-electron chi connectivity index (χ0n) is 8.98. The van der Waals surface area contributed by atoms with Gasteiger partial charge < -0.3 is 19.8 Å². The van der Waals surface area contributed by atoms with E-state index in [4.69, 9.17) is 14.9 Å². The monoisotopic (exact) mass is 211 g/mol. The fourth-order valence-corrected chi connectivity index (χ4v) is 1.61. The Labute approximate surface area is 89.2 Å². The van der Waals surface area contributed by atoms with Gasteiger partial charge in [-0.3, -0.25) is 0 Å². The predicted octanol–water partition coefficient (Wildman–Crippen LogP) is 0.401. The molecule has 2 N–H and O–H groups in total. The molecule has 0 aliphatic carbocycles. The number of nitrogens with zero attached hydrogens (tertiary/aromatic N) is 2. The molecule has 84 valence electrons. The average Bonchev–Trinajstić information content (AvgIpc) is 2.67. The van der Waals surface area contributed by atoms with E-state index in [2.05, 4.69) is 9.88 Å². The van der Waals surface area contributed by atoms with E-state index >= 15 is 0 Å². The maximum Gasteiger partial charge on any atom is 0.297 e. The summed E-state index contributed by atoms with van der Waals surface area (Å²) < 4.78 is 10.9. The average molecular weight is 211 g/mol. The molecule has 2 heterocycles. The van der Waals surface area contributed by atoms with Crippen LogP contribution in [0.5, 0.6) is 0 Å². The Hall–Kier alpha value is -1.07. The van der Waals surface area contributed by atoms with E-state index in [-0.39, 0.29) is 6.04 Å². The molecule has 1 aliphatic heterocycles. The van der Waals surface area contributed by atoms with Gasteiger partial charge in [-0.1, -0.05) is 0 Å². The molecule has 1 atom stereocenters. The summed E-state index contributed by atoms with van der Waals surface area (Å²) in [5.41, 5.74) is 5.69. The minimum absolute atomic E-state index is 0.107. The minimum Gasteiger partial charge on any atom is -0.429 e. The minimum atomic E-state index is 0.107. The van der Waals surface area contributed by atoms with Crippen molar-refractivity contribution in [2.24, 2.45) is 5.73 Å². The van der Waals surface area contributed by atoms with Gasteiger partial charge >= 0.3 is 0 Å². The largest absolute Gasteiger partial charge is 0.429 e. The number of hydrogen-bond donors (Lipinski definition) is 1. The van der Waals surface area contributed by atoms with Crippen molar-refractivity contribution < 1.29 is 9.15 Å². The maximum atomic E-state index is 5.69. The molecule has 0 amide bonds. The van der Waals surface area contributed by atoms with Gasteiger partial charge in [0.15, 0.2) is 0 Å². The number of ether oxygens (including phenoxy) is 1. The van der Waals surface area contributed by atoms with Gasteiger partial charge in [-0.25, -0.2) is 4.98 Å². The van der Waals surface area contributed by atoms with Gasteiger partial charge in [0.05, 0.1) is 19.4 Å². The molecule has 15 heavy (non-hydrogen) atoms. The second-order valence-corrected chi connectivity index (χ2v) is 3.89. The van der Waals surface area contributed by atoms with Crippen LogP contribution >= 0.6 is 0 Å². The number of anilines is 1. The Morgan fingerprint density at radius 1 is 1.53 bits per heavy atom. The molecule has 0 bridgehead atoms. The van der Waals surface area contributed by atoms with Gasteiger partial charge in [0, 0.05) is 25.6 Å². The molecule has 1 aromatic rings. The molecule has 1 aliphatic rings. The fraction of sp³-hybridized carbons (Fsp3) is 0.700. The van der Waals surface area contributed by atoms with Crippen molar-refractivity contribution in [1.29, 1.82) is 0 Å². The van der Waals surface area contributed by atoms with Gasteiger partial charge in [-0.05, 0) is 6.92 Å². The molecule has 2 rings (SSSR count). The Kier molecular flexibility index (Phi) is 3.23. The van der Waals surface area contributed by atoms with Crippen LogP contribution in [0.2, 0.25) is 0 Å². The van der Waals surface area contributed by atoms with Crippen molar-refractivity contribution in [2.45, 2.75) is 19.4 Å². The summed E-state index contributed by atoms with van der Waals surface area (Å²) in [6.45, 7) is 5.13. The van der Waals surface area contributed by atoms with E-state index in [9.17, 15) is 0 Å². The molecule has 1 fully saturated rings. The lowest BCUT2D eigenvalue weighted by Crippen LogP contribution is -2.36. The molecule has 1 saturated heterocycles. The molecule has 5 heteroatoms. The molecule has 1 unspecified atom stereocenters. The summed E-state index contributed by atoms with van der Waals surface area (Å²) >= 11 is 0. The number of aromatic nitrogens is 1. The second-order valence-electron chi connectivity index (χ2n) is 3.89. The summed E-state index contributed by atoms with van der Waals surface area (Å²) in [4.78, 5) is 6.33. The van der Waals surface area contributed by atoms with E-state index in [0.29, 0.717) is 6.01 Å². The standard InChI is InChI=1S/C10H17N3O2/c1-8(11)6-9-7-12-10(15-9)13-2-4-14-5-3-13/h7-8H,2-6,11H2,1H3. The number of hydrogen-bond acceptors (Lipinski definition) is 5. The molecule has 0 aromatic carbocycles. The van der Waals surface area contributed by atoms with Crippen molar-refractivity contribution in [3.63, 3.8) is 0 Å². The Balaban J connectivity index is 1.99. The van der Waals surface area contributed by atoms with E-state index in [1.54, 1.807) is 6.20 Å². The Morgan fingerprint density at radius 2 is 2.27 bits per heavy atom. The second kappa shape index (κ2) is 4.63. The number of oxazole rings is 1. The topological polar surface area (TPSA) is 64.5 Å². The normalized spacial score (nSPS) is 19.2. The third-order valence-electron chi connectivity index (χ3n) is 2.35. The SMILES string of the molecule is CC(N)Cc1cnc(N2CCOCC2)o1. The first kappa shape index (κ1) is 10.4. The van der Waals surface area contributed by atoms with E-state index in [0.717, 1.165) is 38.5 Å². The van der Waals surface area contributed by atoms with Crippen LogP contribution in [-0.4, -0.2) is 37.3 Å². The van der Waals surface area contributed by atoms with Gasteiger partial charge in [0.25, 0.3) is 6.01 Å². The van der Waals surface area contributed by atoms with Crippen molar-refractivity contribution in [3.05, 3.63) is 12.0 Å². The lowest BCUT2D eigenvalue weighted by Gasteiger charge is -2.24. The number of morpholine rings is 1. The first-order valence-corrected chi connectivity index (χ1v) is 5.28. The highest BCUT2D eigenvalue weighted by Crippen LogP contribution is 2.16. The molecular formula is C10H17N3O2. The Bertz CT molecular complexity index is 305. The van der Waals surface area contributed by atoms with Crippen LogP contribution in [0.15, 0.2) is 10.6 Å². The summed E-state index contributed by atoms with van der Waals surface area (Å²) in [5, 5.41) is 0. The van der Waals surface area contributed by atoms with E-state index in [1.165, 1.54) is 0 Å². The fourth-order valence-electron chi connectivity index (χ4n) is 1.61. The third-order valence-corrected chi connectivity index (χ3v) is 2.35. The molecular weight excluding hydrogens is 194 g/mol.